The molecule has 24 heavy (non-hydrogen) atoms. The molecule has 2 aromatic rings. The van der Waals surface area contributed by atoms with Gasteiger partial charge in [0.25, 0.3) is 5.56 Å². The summed E-state index contributed by atoms with van der Waals surface area (Å²) in [4.78, 5) is 32.4. The van der Waals surface area contributed by atoms with E-state index >= 15 is 0 Å². The highest BCUT2D eigenvalue weighted by molar-refractivity contribution is 5.41. The Kier molecular flexibility index (Phi) is 4.33. The molecule has 0 unspecified atom stereocenters. The van der Waals surface area contributed by atoms with Crippen molar-refractivity contribution in [2.24, 2.45) is 7.05 Å². The van der Waals surface area contributed by atoms with Gasteiger partial charge in [0.15, 0.2) is 0 Å². The number of pyridine rings is 1. The molecule has 8 heteroatoms. The number of hydrogen-bond donors (Lipinski definition) is 2. The van der Waals surface area contributed by atoms with E-state index in [4.69, 9.17) is 5.26 Å². The molecule has 0 spiro atoms. The molecule has 0 aromatic carbocycles. The van der Waals surface area contributed by atoms with Gasteiger partial charge in [-0.05, 0) is 25.0 Å². The van der Waals surface area contributed by atoms with Crippen LogP contribution in [-0.4, -0.2) is 33.7 Å². The fraction of sp³-hybridized carbons (Fsp3) is 0.375. The molecule has 0 aliphatic carbocycles. The lowest BCUT2D eigenvalue weighted by atomic mass is 10.1. The quantitative estimate of drug-likeness (QED) is 0.846. The lowest BCUT2D eigenvalue weighted by molar-refractivity contribution is 0.520. The Morgan fingerprint density at radius 1 is 1.33 bits per heavy atom. The molecule has 8 nitrogen and oxygen atoms in total. The zero-order valence-electron chi connectivity index (χ0n) is 13.3. The molecule has 3 rings (SSSR count). The van der Waals surface area contributed by atoms with Crippen LogP contribution >= 0.6 is 0 Å². The Morgan fingerprint density at radius 2 is 2.08 bits per heavy atom. The van der Waals surface area contributed by atoms with Gasteiger partial charge in [-0.3, -0.25) is 14.3 Å². The minimum atomic E-state index is -0.403. The van der Waals surface area contributed by atoms with E-state index in [9.17, 15) is 9.59 Å². The molecule has 0 saturated carbocycles. The molecular weight excluding hydrogens is 308 g/mol. The standard InChI is InChI=1S/C16H18N6O2/c1-21-15(23)8-14(20-16(21)24)22-6-4-12(5-7-22)19-13-3-2-11(9-17)10-18-13/h2-3,8,10,12H,4-7H2,1H3,(H,18,19)(H,20,24). The van der Waals surface area contributed by atoms with Crippen molar-refractivity contribution >= 4 is 11.6 Å². The second-order valence-corrected chi connectivity index (χ2v) is 5.81. The van der Waals surface area contributed by atoms with Crippen molar-refractivity contribution in [1.82, 2.24) is 14.5 Å². The summed E-state index contributed by atoms with van der Waals surface area (Å²) in [7, 11) is 1.45. The summed E-state index contributed by atoms with van der Waals surface area (Å²) in [6.07, 6.45) is 3.26. The maximum Gasteiger partial charge on any atom is 0.329 e. The molecule has 2 aromatic heterocycles. The fourth-order valence-electron chi connectivity index (χ4n) is 2.73. The third kappa shape index (κ3) is 3.30. The van der Waals surface area contributed by atoms with Crippen molar-refractivity contribution in [2.45, 2.75) is 18.9 Å². The van der Waals surface area contributed by atoms with E-state index in [1.54, 1.807) is 18.3 Å². The van der Waals surface area contributed by atoms with Crippen LogP contribution in [0.2, 0.25) is 0 Å². The minimum absolute atomic E-state index is 0.264. The fourth-order valence-corrected chi connectivity index (χ4v) is 2.73. The summed E-state index contributed by atoms with van der Waals surface area (Å²) >= 11 is 0. The monoisotopic (exact) mass is 326 g/mol. The lowest BCUT2D eigenvalue weighted by Crippen LogP contribution is -2.42. The van der Waals surface area contributed by atoms with Gasteiger partial charge in [0, 0.05) is 38.4 Å². The third-order valence-corrected chi connectivity index (χ3v) is 4.21. The maximum atomic E-state index is 11.7. The van der Waals surface area contributed by atoms with Gasteiger partial charge >= 0.3 is 5.69 Å². The smallest absolute Gasteiger partial charge is 0.329 e. The molecule has 0 atom stereocenters. The first-order valence-corrected chi connectivity index (χ1v) is 7.75. The molecule has 3 heterocycles. The zero-order valence-corrected chi connectivity index (χ0v) is 13.3. The van der Waals surface area contributed by atoms with Crippen molar-refractivity contribution in [3.63, 3.8) is 0 Å². The number of nitrogens with zero attached hydrogens (tertiary/aromatic N) is 4. The molecule has 0 radical (unpaired) electrons. The summed E-state index contributed by atoms with van der Waals surface area (Å²) in [5, 5.41) is 12.1. The van der Waals surface area contributed by atoms with Gasteiger partial charge in [0.05, 0.1) is 5.56 Å². The molecule has 0 bridgehead atoms. The number of rotatable bonds is 3. The van der Waals surface area contributed by atoms with Gasteiger partial charge in [-0.25, -0.2) is 9.78 Å². The van der Waals surface area contributed by atoms with E-state index < -0.39 is 5.69 Å². The van der Waals surface area contributed by atoms with E-state index in [1.165, 1.54) is 13.1 Å². The van der Waals surface area contributed by atoms with Gasteiger partial charge in [0.2, 0.25) is 0 Å². The predicted octanol–water partition coefficient (Wildman–Crippen LogP) is 0.421. The van der Waals surface area contributed by atoms with Crippen LogP contribution in [0.4, 0.5) is 11.6 Å². The zero-order chi connectivity index (χ0) is 17.1. The largest absolute Gasteiger partial charge is 0.367 e. The summed E-state index contributed by atoms with van der Waals surface area (Å²) in [5.74, 6) is 1.31. The van der Waals surface area contributed by atoms with Gasteiger partial charge in [0.1, 0.15) is 17.7 Å². The number of anilines is 2. The Labute approximate surface area is 138 Å². The van der Waals surface area contributed by atoms with Crippen molar-refractivity contribution in [2.75, 3.05) is 23.3 Å². The number of hydrogen-bond acceptors (Lipinski definition) is 6. The second-order valence-electron chi connectivity index (χ2n) is 5.81. The Balaban J connectivity index is 1.62. The highest BCUT2D eigenvalue weighted by Gasteiger charge is 2.20. The average molecular weight is 326 g/mol. The number of piperidine rings is 1. The van der Waals surface area contributed by atoms with E-state index in [0.717, 1.165) is 36.3 Å². The highest BCUT2D eigenvalue weighted by Crippen LogP contribution is 2.18. The van der Waals surface area contributed by atoms with Crippen LogP contribution in [0, 0.1) is 11.3 Å². The molecular formula is C16H18N6O2. The van der Waals surface area contributed by atoms with Crippen molar-refractivity contribution < 1.29 is 0 Å². The first-order chi connectivity index (χ1) is 11.6. The predicted molar refractivity (Wildman–Crippen MR) is 90.1 cm³/mol. The SMILES string of the molecule is Cn1c(=O)cc(N2CCC(Nc3ccc(C#N)cn3)CC2)[nH]c1=O. The normalized spacial score (nSPS) is 15.1. The lowest BCUT2D eigenvalue weighted by Gasteiger charge is -2.33. The van der Waals surface area contributed by atoms with Crippen LogP contribution < -0.4 is 21.5 Å². The average Bonchev–Trinajstić information content (AvgIpc) is 2.60. The molecule has 1 fully saturated rings. The van der Waals surface area contributed by atoms with Crippen LogP contribution in [-0.2, 0) is 7.05 Å². The van der Waals surface area contributed by atoms with Crippen molar-refractivity contribution in [3.05, 3.63) is 50.8 Å². The van der Waals surface area contributed by atoms with E-state index in [1.807, 2.05) is 11.0 Å². The summed E-state index contributed by atoms with van der Waals surface area (Å²) in [5.41, 5.74) is -0.180. The van der Waals surface area contributed by atoms with Gasteiger partial charge < -0.3 is 10.2 Å². The van der Waals surface area contributed by atoms with Crippen molar-refractivity contribution in [1.29, 1.82) is 5.26 Å². The number of H-pyrrole nitrogens is 1. The number of nitrogens with one attached hydrogen (secondary N) is 2. The number of aromatic nitrogens is 3. The minimum Gasteiger partial charge on any atom is -0.367 e. The topological polar surface area (TPSA) is 107 Å². The van der Waals surface area contributed by atoms with Gasteiger partial charge in [-0.1, -0.05) is 0 Å². The Morgan fingerprint density at radius 3 is 2.67 bits per heavy atom. The van der Waals surface area contributed by atoms with Crippen LogP contribution in [0.25, 0.3) is 0 Å². The Hall–Kier alpha value is -3.08. The van der Waals surface area contributed by atoms with Crippen LogP contribution in [0.5, 0.6) is 0 Å². The van der Waals surface area contributed by atoms with Crippen LogP contribution in [0.3, 0.4) is 0 Å². The van der Waals surface area contributed by atoms with Crippen LogP contribution in [0.15, 0.2) is 34.0 Å². The van der Waals surface area contributed by atoms with Crippen molar-refractivity contribution in [3.8, 4) is 6.07 Å². The Bertz CT molecular complexity index is 838. The highest BCUT2D eigenvalue weighted by atomic mass is 16.2. The van der Waals surface area contributed by atoms with Crippen LogP contribution in [0.1, 0.15) is 18.4 Å². The first-order valence-electron chi connectivity index (χ1n) is 7.75. The van der Waals surface area contributed by atoms with Gasteiger partial charge in [-0.15, -0.1) is 0 Å². The third-order valence-electron chi connectivity index (χ3n) is 4.21. The first kappa shape index (κ1) is 15.8. The summed E-state index contributed by atoms with van der Waals surface area (Å²) in [6, 6.07) is 7.29. The van der Waals surface area contributed by atoms with E-state index in [2.05, 4.69) is 15.3 Å². The van der Waals surface area contributed by atoms with E-state index in [-0.39, 0.29) is 11.6 Å². The molecule has 124 valence electrons. The molecule has 1 aliphatic rings. The molecule has 0 amide bonds. The number of nitriles is 1. The van der Waals surface area contributed by atoms with Gasteiger partial charge in [-0.2, -0.15) is 5.26 Å². The molecule has 1 aliphatic heterocycles. The molecule has 2 N–H and O–H groups in total. The summed E-state index contributed by atoms with van der Waals surface area (Å²) in [6.45, 7) is 1.47. The number of aromatic amines is 1. The summed E-state index contributed by atoms with van der Waals surface area (Å²) < 4.78 is 1.05. The second kappa shape index (κ2) is 6.58. The molecule has 1 saturated heterocycles. The van der Waals surface area contributed by atoms with E-state index in [0.29, 0.717) is 11.4 Å². The maximum absolute atomic E-state index is 11.7.